The molecule has 0 aliphatic carbocycles. The lowest BCUT2D eigenvalue weighted by Gasteiger charge is -2.38. The Balaban J connectivity index is 0.00000192. The van der Waals surface area contributed by atoms with E-state index in [0.29, 0.717) is 18.0 Å². The summed E-state index contributed by atoms with van der Waals surface area (Å²) in [4.78, 5) is 0. The van der Waals surface area contributed by atoms with Crippen molar-refractivity contribution in [2.24, 2.45) is 5.92 Å². The summed E-state index contributed by atoms with van der Waals surface area (Å²) < 4.78 is 0. The number of hydrogen-bond donors (Lipinski definition) is 2. The van der Waals surface area contributed by atoms with Crippen LogP contribution in [0.4, 0.5) is 0 Å². The number of aliphatic hydroxyl groups is 1. The Hall–Kier alpha value is -1.35. The van der Waals surface area contributed by atoms with Crippen molar-refractivity contribution in [1.29, 1.82) is 0 Å². The highest BCUT2D eigenvalue weighted by atomic mass is 35.5. The highest BCUT2D eigenvalue weighted by Gasteiger charge is 2.40. The molecule has 124 valence electrons. The first-order valence-corrected chi connectivity index (χ1v) is 8.42. The van der Waals surface area contributed by atoms with E-state index >= 15 is 0 Å². The van der Waals surface area contributed by atoms with Crippen LogP contribution < -0.4 is 17.7 Å². The van der Waals surface area contributed by atoms with E-state index in [1.807, 2.05) is 0 Å². The minimum absolute atomic E-state index is 0. The zero-order valence-electron chi connectivity index (χ0n) is 13.6. The first-order chi connectivity index (χ1) is 10.8. The molecule has 0 radical (unpaired) electrons. The Morgan fingerprint density at radius 1 is 0.957 bits per heavy atom. The topological polar surface area (TPSA) is 36.8 Å². The molecule has 1 aliphatic rings. The van der Waals surface area contributed by atoms with Gasteiger partial charge in [0.05, 0.1) is 6.10 Å². The van der Waals surface area contributed by atoms with Crippen LogP contribution in [0.3, 0.4) is 0 Å². The van der Waals surface area contributed by atoms with Crippen LogP contribution >= 0.6 is 0 Å². The van der Waals surface area contributed by atoms with E-state index in [4.69, 9.17) is 0 Å². The number of quaternary nitrogens is 1. The van der Waals surface area contributed by atoms with Gasteiger partial charge in [-0.25, -0.2) is 0 Å². The summed E-state index contributed by atoms with van der Waals surface area (Å²) in [6.45, 7) is 2.21. The van der Waals surface area contributed by atoms with E-state index in [-0.39, 0.29) is 18.5 Å². The fourth-order valence-electron chi connectivity index (χ4n) is 3.83. The molecule has 0 saturated carbocycles. The van der Waals surface area contributed by atoms with E-state index in [9.17, 15) is 5.11 Å². The van der Waals surface area contributed by atoms with Gasteiger partial charge in [0.2, 0.25) is 0 Å². The normalized spacial score (nSPS) is 27.2. The maximum absolute atomic E-state index is 10.7. The molecule has 2 aromatic rings. The molecule has 3 rings (SSSR count). The molecule has 2 nitrogen and oxygen atoms in total. The molecule has 23 heavy (non-hydrogen) atoms. The molecular formula is C20H26ClNO. The van der Waals surface area contributed by atoms with Gasteiger partial charge in [-0.15, -0.1) is 0 Å². The van der Waals surface area contributed by atoms with Crippen LogP contribution in [0.15, 0.2) is 60.7 Å². The number of nitrogens with two attached hydrogens (primary N) is 1. The van der Waals surface area contributed by atoms with Crippen molar-refractivity contribution in [1.82, 2.24) is 0 Å². The average molecular weight is 332 g/mol. The van der Waals surface area contributed by atoms with Crippen molar-refractivity contribution in [3.05, 3.63) is 71.8 Å². The van der Waals surface area contributed by atoms with Gasteiger partial charge in [0.15, 0.2) is 0 Å². The molecule has 3 N–H and O–H groups in total. The van der Waals surface area contributed by atoms with Crippen molar-refractivity contribution < 1.29 is 22.8 Å². The monoisotopic (exact) mass is 331 g/mol. The van der Waals surface area contributed by atoms with Gasteiger partial charge in [0, 0.05) is 23.5 Å². The van der Waals surface area contributed by atoms with Crippen LogP contribution in [0.25, 0.3) is 0 Å². The Morgan fingerprint density at radius 2 is 1.52 bits per heavy atom. The lowest BCUT2D eigenvalue weighted by Crippen LogP contribution is -3.00. The second-order valence-electron chi connectivity index (χ2n) is 6.40. The van der Waals surface area contributed by atoms with E-state index in [0.717, 1.165) is 19.3 Å². The summed E-state index contributed by atoms with van der Waals surface area (Å²) in [5, 5.41) is 13.2. The lowest BCUT2D eigenvalue weighted by molar-refractivity contribution is -0.753. The van der Waals surface area contributed by atoms with Crippen LogP contribution in [0.1, 0.15) is 49.4 Å². The maximum atomic E-state index is 10.7. The van der Waals surface area contributed by atoms with Crippen LogP contribution in [-0.4, -0.2) is 11.2 Å². The minimum atomic E-state index is -0.222. The molecule has 4 unspecified atom stereocenters. The summed E-state index contributed by atoms with van der Waals surface area (Å²) in [6, 6.07) is 21.9. The van der Waals surface area contributed by atoms with E-state index < -0.39 is 0 Å². The number of rotatable bonds is 4. The van der Waals surface area contributed by atoms with Crippen molar-refractivity contribution in [3.63, 3.8) is 0 Å². The number of benzene rings is 2. The summed E-state index contributed by atoms with van der Waals surface area (Å²) in [5.74, 6) is 0.340. The van der Waals surface area contributed by atoms with Gasteiger partial charge in [-0.3, -0.25) is 0 Å². The molecule has 3 heteroatoms. The summed E-state index contributed by atoms with van der Waals surface area (Å²) in [7, 11) is 0. The molecule has 2 aromatic carbocycles. The van der Waals surface area contributed by atoms with Crippen molar-refractivity contribution in [2.75, 3.05) is 0 Å². The number of hydrogen-bond acceptors (Lipinski definition) is 1. The number of piperidine rings is 1. The molecule has 1 heterocycles. The molecule has 0 amide bonds. The van der Waals surface area contributed by atoms with Gasteiger partial charge < -0.3 is 22.8 Å². The van der Waals surface area contributed by atoms with Crippen LogP contribution in [0.5, 0.6) is 0 Å². The van der Waals surface area contributed by atoms with Gasteiger partial charge in [-0.2, -0.15) is 0 Å². The first kappa shape index (κ1) is 18.0. The summed E-state index contributed by atoms with van der Waals surface area (Å²) >= 11 is 0. The van der Waals surface area contributed by atoms with Crippen molar-refractivity contribution >= 4 is 0 Å². The third-order valence-electron chi connectivity index (χ3n) is 4.92. The molecule has 1 saturated heterocycles. The lowest BCUT2D eigenvalue weighted by atomic mass is 9.78. The Morgan fingerprint density at radius 3 is 2.09 bits per heavy atom. The molecule has 0 bridgehead atoms. The molecule has 0 aromatic heterocycles. The smallest absolute Gasteiger partial charge is 0.117 e. The van der Waals surface area contributed by atoms with Gasteiger partial charge >= 0.3 is 0 Å². The summed E-state index contributed by atoms with van der Waals surface area (Å²) in [5.41, 5.74) is 2.65. The highest BCUT2D eigenvalue weighted by molar-refractivity contribution is 5.21. The SMILES string of the molecule is CCCC1C(O)CC(c2ccccc2)[NH2+]C1c1ccccc1.[Cl-]. The summed E-state index contributed by atoms with van der Waals surface area (Å²) in [6.07, 6.45) is 2.83. The zero-order chi connectivity index (χ0) is 15.4. The second kappa shape index (κ2) is 8.49. The standard InChI is InChI=1S/C20H25NO.ClH/c1-2-9-17-19(22)14-18(15-10-5-3-6-11-15)21-20(17)16-12-7-4-8-13-16;/h3-8,10-13,17-22H,2,9,14H2,1H3;1H. The molecule has 1 fully saturated rings. The average Bonchev–Trinajstić information content (AvgIpc) is 2.58. The van der Waals surface area contributed by atoms with Gasteiger partial charge in [0.25, 0.3) is 0 Å². The van der Waals surface area contributed by atoms with Gasteiger partial charge in [-0.1, -0.05) is 74.0 Å². The maximum Gasteiger partial charge on any atom is 0.117 e. The molecule has 4 atom stereocenters. The van der Waals surface area contributed by atoms with Crippen LogP contribution in [0, 0.1) is 5.92 Å². The van der Waals surface area contributed by atoms with E-state index in [1.54, 1.807) is 0 Å². The van der Waals surface area contributed by atoms with Crippen LogP contribution in [0.2, 0.25) is 0 Å². The predicted octanol–water partition coefficient (Wildman–Crippen LogP) is 0.217. The third kappa shape index (κ3) is 4.14. The van der Waals surface area contributed by atoms with E-state index in [1.165, 1.54) is 11.1 Å². The van der Waals surface area contributed by atoms with Gasteiger partial charge in [-0.05, 0) is 6.42 Å². The zero-order valence-corrected chi connectivity index (χ0v) is 14.4. The number of halogens is 1. The van der Waals surface area contributed by atoms with Crippen molar-refractivity contribution in [3.8, 4) is 0 Å². The fourth-order valence-corrected chi connectivity index (χ4v) is 3.83. The van der Waals surface area contributed by atoms with E-state index in [2.05, 4.69) is 72.9 Å². The van der Waals surface area contributed by atoms with Crippen molar-refractivity contribution in [2.45, 2.75) is 44.4 Å². The highest BCUT2D eigenvalue weighted by Crippen LogP contribution is 2.34. The Kier molecular flexibility index (Phi) is 6.64. The fraction of sp³-hybridized carbons (Fsp3) is 0.400. The molecule has 1 aliphatic heterocycles. The molecule has 0 spiro atoms. The predicted molar refractivity (Wildman–Crippen MR) is 89.3 cm³/mol. The molecular weight excluding hydrogens is 306 g/mol. The number of aliphatic hydroxyl groups excluding tert-OH is 1. The van der Waals surface area contributed by atoms with Crippen LogP contribution in [-0.2, 0) is 0 Å². The first-order valence-electron chi connectivity index (χ1n) is 8.42. The quantitative estimate of drug-likeness (QED) is 0.826. The Labute approximate surface area is 145 Å². The second-order valence-corrected chi connectivity index (χ2v) is 6.40. The Bertz CT molecular complexity index is 575. The third-order valence-corrected chi connectivity index (χ3v) is 4.92. The van der Waals surface area contributed by atoms with Gasteiger partial charge in [0.1, 0.15) is 12.1 Å². The minimum Gasteiger partial charge on any atom is -1.00 e. The largest absolute Gasteiger partial charge is 1.00 e.